The van der Waals surface area contributed by atoms with Crippen LogP contribution in [0, 0.1) is 0 Å². The number of hydrogen-bond acceptors (Lipinski definition) is 1. The standard InChI is InChI=1S/C26H22NOP/c28-29(23-17-9-3-10-18-23,24-19-11-4-12-20-24)27-25(21-13-5-1-6-14-21)26(27)22-15-7-2-8-16-22/h1-20,25-26H/t25-,26-/m1/s1. The second kappa shape index (κ2) is 7.48. The van der Waals surface area contributed by atoms with Crippen molar-refractivity contribution in [2.75, 3.05) is 0 Å². The SMILES string of the molecule is O=P(c1ccccc1)(c1ccccc1)N1[C@H](c2ccccc2)[C@H]1c1ccccc1. The van der Waals surface area contributed by atoms with Crippen LogP contribution in [0.3, 0.4) is 0 Å². The van der Waals surface area contributed by atoms with Crippen molar-refractivity contribution in [3.63, 3.8) is 0 Å². The van der Waals surface area contributed by atoms with Gasteiger partial charge in [-0.15, -0.1) is 0 Å². The monoisotopic (exact) mass is 395 g/mol. The number of rotatable bonds is 5. The highest BCUT2D eigenvalue weighted by atomic mass is 31.2. The molecule has 0 spiro atoms. The third-order valence-corrected chi connectivity index (χ3v) is 8.74. The highest BCUT2D eigenvalue weighted by molar-refractivity contribution is 7.76. The molecular weight excluding hydrogens is 373 g/mol. The Morgan fingerprint density at radius 1 is 0.483 bits per heavy atom. The highest BCUT2D eigenvalue weighted by Crippen LogP contribution is 2.70. The lowest BCUT2D eigenvalue weighted by molar-refractivity contribution is 0.554. The molecule has 1 fully saturated rings. The maximum Gasteiger partial charge on any atom is 0.208 e. The molecule has 3 heteroatoms. The van der Waals surface area contributed by atoms with Crippen LogP contribution in [0.25, 0.3) is 0 Å². The Labute approximate surface area is 171 Å². The first-order chi connectivity index (χ1) is 14.3. The van der Waals surface area contributed by atoms with E-state index in [0.717, 1.165) is 10.6 Å². The van der Waals surface area contributed by atoms with Crippen LogP contribution in [-0.4, -0.2) is 4.67 Å². The van der Waals surface area contributed by atoms with Crippen molar-refractivity contribution in [3.05, 3.63) is 132 Å². The summed E-state index contributed by atoms with van der Waals surface area (Å²) in [7, 11) is -2.99. The number of hydrogen-bond donors (Lipinski definition) is 0. The zero-order valence-electron chi connectivity index (χ0n) is 16.0. The van der Waals surface area contributed by atoms with Crippen molar-refractivity contribution >= 4 is 17.9 Å². The molecule has 0 N–H and O–H groups in total. The molecule has 4 aromatic carbocycles. The molecule has 0 saturated carbocycles. The van der Waals surface area contributed by atoms with Crippen LogP contribution in [0.4, 0.5) is 0 Å². The predicted molar refractivity (Wildman–Crippen MR) is 120 cm³/mol. The second-order valence-electron chi connectivity index (χ2n) is 7.34. The van der Waals surface area contributed by atoms with Crippen LogP contribution >= 0.6 is 7.29 Å². The molecule has 0 bridgehead atoms. The van der Waals surface area contributed by atoms with E-state index in [4.69, 9.17) is 0 Å². The van der Waals surface area contributed by atoms with Crippen molar-refractivity contribution in [2.45, 2.75) is 12.1 Å². The maximum atomic E-state index is 14.9. The van der Waals surface area contributed by atoms with Crippen LogP contribution in [0.1, 0.15) is 23.2 Å². The van der Waals surface area contributed by atoms with Gasteiger partial charge in [-0.2, -0.15) is 0 Å². The second-order valence-corrected chi connectivity index (χ2v) is 9.98. The lowest BCUT2D eigenvalue weighted by Gasteiger charge is -2.22. The largest absolute Gasteiger partial charge is 0.296 e. The molecule has 142 valence electrons. The summed E-state index contributed by atoms with van der Waals surface area (Å²) >= 11 is 0. The average molecular weight is 395 g/mol. The van der Waals surface area contributed by atoms with Gasteiger partial charge in [0.1, 0.15) is 0 Å². The van der Waals surface area contributed by atoms with Crippen molar-refractivity contribution < 1.29 is 4.57 Å². The molecule has 1 heterocycles. The molecule has 29 heavy (non-hydrogen) atoms. The fraction of sp³-hybridized carbons (Fsp3) is 0.0769. The Morgan fingerprint density at radius 3 is 1.14 bits per heavy atom. The molecule has 0 aliphatic carbocycles. The molecule has 2 atom stereocenters. The van der Waals surface area contributed by atoms with Crippen LogP contribution in [0.15, 0.2) is 121 Å². The number of benzene rings is 4. The van der Waals surface area contributed by atoms with Crippen LogP contribution < -0.4 is 10.6 Å². The fourth-order valence-corrected chi connectivity index (χ4v) is 7.36. The Hall–Kier alpha value is -2.93. The van der Waals surface area contributed by atoms with E-state index >= 15 is 0 Å². The fourth-order valence-electron chi connectivity index (χ4n) is 4.22. The van der Waals surface area contributed by atoms with E-state index < -0.39 is 7.29 Å². The lowest BCUT2D eigenvalue weighted by Crippen LogP contribution is -2.22. The minimum absolute atomic E-state index is 0.0878. The third kappa shape index (κ3) is 3.15. The van der Waals surface area contributed by atoms with Gasteiger partial charge in [0.25, 0.3) is 0 Å². The Bertz CT molecular complexity index is 1040. The van der Waals surface area contributed by atoms with E-state index in [9.17, 15) is 4.57 Å². The molecule has 5 rings (SSSR count). The molecule has 4 aromatic rings. The lowest BCUT2D eigenvalue weighted by atomic mass is 10.0. The molecular formula is C26H22NOP. The summed E-state index contributed by atoms with van der Waals surface area (Å²) in [4.78, 5) is 0. The van der Waals surface area contributed by atoms with Gasteiger partial charge in [-0.1, -0.05) is 97.1 Å². The van der Waals surface area contributed by atoms with E-state index in [1.807, 2.05) is 72.8 Å². The summed E-state index contributed by atoms with van der Waals surface area (Å²) < 4.78 is 17.1. The third-order valence-electron chi connectivity index (χ3n) is 5.60. The van der Waals surface area contributed by atoms with E-state index in [1.54, 1.807) is 0 Å². The van der Waals surface area contributed by atoms with Gasteiger partial charge >= 0.3 is 0 Å². The van der Waals surface area contributed by atoms with Crippen LogP contribution in [0.2, 0.25) is 0 Å². The van der Waals surface area contributed by atoms with Crippen LogP contribution in [-0.2, 0) is 4.57 Å². The van der Waals surface area contributed by atoms with Gasteiger partial charge in [0.15, 0.2) is 0 Å². The highest BCUT2D eigenvalue weighted by Gasteiger charge is 2.59. The van der Waals surface area contributed by atoms with E-state index in [0.29, 0.717) is 0 Å². The van der Waals surface area contributed by atoms with Gasteiger partial charge in [0.2, 0.25) is 7.29 Å². The minimum Gasteiger partial charge on any atom is -0.296 e. The van der Waals surface area contributed by atoms with E-state index in [-0.39, 0.29) is 12.1 Å². The first kappa shape index (κ1) is 18.1. The molecule has 2 nitrogen and oxygen atoms in total. The smallest absolute Gasteiger partial charge is 0.208 e. The Kier molecular flexibility index (Phi) is 4.67. The van der Waals surface area contributed by atoms with Gasteiger partial charge in [0.05, 0.1) is 12.1 Å². The normalized spacial score (nSPS) is 20.9. The molecule has 1 aliphatic heterocycles. The van der Waals surface area contributed by atoms with Crippen molar-refractivity contribution in [2.24, 2.45) is 0 Å². The number of nitrogens with zero attached hydrogens (tertiary/aromatic N) is 1. The van der Waals surface area contributed by atoms with Gasteiger partial charge in [-0.25, -0.2) is 4.67 Å². The van der Waals surface area contributed by atoms with Crippen molar-refractivity contribution in [1.82, 2.24) is 4.67 Å². The molecule has 0 aromatic heterocycles. The molecule has 0 radical (unpaired) electrons. The quantitative estimate of drug-likeness (QED) is 0.318. The Balaban J connectivity index is 1.69. The first-order valence-corrected chi connectivity index (χ1v) is 11.6. The molecule has 1 aliphatic rings. The first-order valence-electron chi connectivity index (χ1n) is 9.90. The van der Waals surface area contributed by atoms with Crippen LogP contribution in [0.5, 0.6) is 0 Å². The summed E-state index contributed by atoms with van der Waals surface area (Å²) in [5.74, 6) is 0. The van der Waals surface area contributed by atoms with Crippen molar-refractivity contribution in [1.29, 1.82) is 0 Å². The summed E-state index contributed by atoms with van der Waals surface area (Å²) in [6, 6.07) is 40.9. The Morgan fingerprint density at radius 2 is 0.793 bits per heavy atom. The molecule has 0 unspecified atom stereocenters. The van der Waals surface area contributed by atoms with E-state index in [2.05, 4.69) is 53.2 Å². The summed E-state index contributed by atoms with van der Waals surface area (Å²) in [5, 5.41) is 1.76. The van der Waals surface area contributed by atoms with E-state index in [1.165, 1.54) is 11.1 Å². The van der Waals surface area contributed by atoms with Crippen molar-refractivity contribution in [3.8, 4) is 0 Å². The molecule has 0 amide bonds. The zero-order chi connectivity index (χ0) is 19.7. The summed E-state index contributed by atoms with van der Waals surface area (Å²) in [5.41, 5.74) is 2.40. The minimum atomic E-state index is -2.99. The summed E-state index contributed by atoms with van der Waals surface area (Å²) in [6.45, 7) is 0. The summed E-state index contributed by atoms with van der Waals surface area (Å²) in [6.07, 6.45) is 0. The average Bonchev–Trinajstić information content (AvgIpc) is 3.57. The van der Waals surface area contributed by atoms with Gasteiger partial charge in [-0.05, 0) is 35.4 Å². The topological polar surface area (TPSA) is 20.1 Å². The zero-order valence-corrected chi connectivity index (χ0v) is 16.9. The predicted octanol–water partition coefficient (Wildman–Crippen LogP) is 5.71. The molecule has 1 saturated heterocycles. The maximum absolute atomic E-state index is 14.9. The van der Waals surface area contributed by atoms with Gasteiger partial charge in [-0.3, -0.25) is 4.57 Å². The van der Waals surface area contributed by atoms with Gasteiger partial charge in [0, 0.05) is 10.6 Å². The van der Waals surface area contributed by atoms with Gasteiger partial charge < -0.3 is 0 Å².